The van der Waals surface area contributed by atoms with Gasteiger partial charge in [0.25, 0.3) is 0 Å². The highest BCUT2D eigenvalue weighted by molar-refractivity contribution is 5.97. The van der Waals surface area contributed by atoms with Crippen molar-refractivity contribution in [3.63, 3.8) is 0 Å². The highest BCUT2D eigenvalue weighted by atomic mass is 35.5. The molecule has 1 unspecified atom stereocenters. The Labute approximate surface area is 180 Å². The maximum atomic E-state index is 12.5. The molecular formula is C22H23ClN4O3. The zero-order valence-electron chi connectivity index (χ0n) is 16.7. The van der Waals surface area contributed by atoms with Crippen LogP contribution in [0.4, 0.5) is 5.82 Å². The number of hydrogen-bond acceptors (Lipinski definition) is 5. The summed E-state index contributed by atoms with van der Waals surface area (Å²) >= 11 is 0. The molecule has 156 valence electrons. The summed E-state index contributed by atoms with van der Waals surface area (Å²) in [6.07, 6.45) is 5.25. The maximum absolute atomic E-state index is 12.5. The van der Waals surface area contributed by atoms with Gasteiger partial charge in [-0.2, -0.15) is 0 Å². The molecule has 0 saturated carbocycles. The van der Waals surface area contributed by atoms with Crippen molar-refractivity contribution < 1.29 is 14.0 Å². The zero-order chi connectivity index (χ0) is 20.5. The van der Waals surface area contributed by atoms with Crippen molar-refractivity contribution in [2.24, 2.45) is 5.73 Å². The summed E-state index contributed by atoms with van der Waals surface area (Å²) in [5, 5.41) is 3.74. The molecule has 0 bridgehead atoms. The summed E-state index contributed by atoms with van der Waals surface area (Å²) in [6.45, 7) is 2.38. The second kappa shape index (κ2) is 8.69. The molecule has 7 nitrogen and oxygen atoms in total. The fourth-order valence-electron chi connectivity index (χ4n) is 3.39. The van der Waals surface area contributed by atoms with Crippen molar-refractivity contribution in [3.05, 3.63) is 65.1 Å². The van der Waals surface area contributed by atoms with E-state index in [1.807, 2.05) is 37.3 Å². The van der Waals surface area contributed by atoms with Crippen molar-refractivity contribution in [1.82, 2.24) is 9.88 Å². The molecule has 0 spiro atoms. The summed E-state index contributed by atoms with van der Waals surface area (Å²) in [6, 6.07) is 9.13. The largest absolute Gasteiger partial charge is 0.459 e. The fraction of sp³-hybridized carbons (Fsp3) is 0.227. The van der Waals surface area contributed by atoms with Crippen LogP contribution >= 0.6 is 12.4 Å². The Bertz CT molecular complexity index is 1140. The molecule has 0 radical (unpaired) electrons. The summed E-state index contributed by atoms with van der Waals surface area (Å²) in [7, 11) is 1.74. The number of carbonyl (C=O) groups is 2. The second-order valence-corrected chi connectivity index (χ2v) is 7.25. The van der Waals surface area contributed by atoms with Crippen LogP contribution in [0.2, 0.25) is 0 Å². The number of likely N-dealkylation sites (N-methyl/N-ethyl adjacent to an activating group) is 1. The maximum Gasteiger partial charge on any atom is 0.246 e. The van der Waals surface area contributed by atoms with Gasteiger partial charge in [-0.3, -0.25) is 9.59 Å². The number of nitrogens with one attached hydrogen (secondary N) is 1. The quantitative estimate of drug-likeness (QED) is 0.624. The molecule has 1 atom stereocenters. The number of hydrogen-bond donors (Lipinski definition) is 2. The SMILES string of the molecule is Cc1c(CN(C)C(=O)C=Cc2cnc3c(c2)CC(N)C(=O)N3)oc2ccccc12.Cl. The van der Waals surface area contributed by atoms with Crippen molar-refractivity contribution >= 4 is 47.1 Å². The minimum absolute atomic E-state index is 0. The van der Waals surface area contributed by atoms with E-state index in [0.29, 0.717) is 18.8 Å². The Kier molecular flexibility index (Phi) is 6.24. The van der Waals surface area contributed by atoms with Crippen LogP contribution in [0.25, 0.3) is 17.0 Å². The molecule has 3 aromatic rings. The number of anilines is 1. The van der Waals surface area contributed by atoms with Gasteiger partial charge in [0, 0.05) is 36.7 Å². The molecule has 0 aliphatic carbocycles. The molecule has 0 fully saturated rings. The second-order valence-electron chi connectivity index (χ2n) is 7.25. The Morgan fingerprint density at radius 3 is 2.93 bits per heavy atom. The first-order valence-corrected chi connectivity index (χ1v) is 9.38. The molecule has 30 heavy (non-hydrogen) atoms. The molecule has 3 heterocycles. The van der Waals surface area contributed by atoms with Crippen LogP contribution in [0.1, 0.15) is 22.5 Å². The first kappa shape index (κ1) is 21.5. The summed E-state index contributed by atoms with van der Waals surface area (Å²) in [5.74, 6) is 0.923. The van der Waals surface area contributed by atoms with Crippen LogP contribution in [-0.2, 0) is 22.6 Å². The third-order valence-electron chi connectivity index (χ3n) is 5.12. The van der Waals surface area contributed by atoms with Crippen LogP contribution in [0.15, 0.2) is 47.0 Å². The Morgan fingerprint density at radius 2 is 2.17 bits per heavy atom. The number of benzene rings is 1. The number of aromatic nitrogens is 1. The fourth-order valence-corrected chi connectivity index (χ4v) is 3.39. The van der Waals surface area contributed by atoms with Gasteiger partial charge in [0.1, 0.15) is 17.2 Å². The molecule has 0 saturated heterocycles. The van der Waals surface area contributed by atoms with Gasteiger partial charge in [-0.25, -0.2) is 4.98 Å². The van der Waals surface area contributed by atoms with Crippen LogP contribution in [-0.4, -0.2) is 34.8 Å². The van der Waals surface area contributed by atoms with Crippen LogP contribution < -0.4 is 11.1 Å². The Balaban J connectivity index is 0.00000256. The average molecular weight is 427 g/mol. The van der Waals surface area contributed by atoms with Crippen molar-refractivity contribution in [2.75, 3.05) is 12.4 Å². The predicted octanol–water partition coefficient (Wildman–Crippen LogP) is 3.05. The van der Waals surface area contributed by atoms with Crippen LogP contribution in [0.3, 0.4) is 0 Å². The predicted molar refractivity (Wildman–Crippen MR) is 118 cm³/mol. The third-order valence-corrected chi connectivity index (χ3v) is 5.12. The number of rotatable bonds is 4. The number of carbonyl (C=O) groups excluding carboxylic acids is 2. The molecule has 4 rings (SSSR count). The van der Waals surface area contributed by atoms with E-state index in [4.69, 9.17) is 10.2 Å². The van der Waals surface area contributed by atoms with Gasteiger partial charge in [0.15, 0.2) is 0 Å². The van der Waals surface area contributed by atoms with Crippen LogP contribution in [0.5, 0.6) is 0 Å². The van der Waals surface area contributed by atoms with E-state index in [1.165, 1.54) is 6.08 Å². The normalized spacial score (nSPS) is 15.6. The van der Waals surface area contributed by atoms with E-state index >= 15 is 0 Å². The van der Waals surface area contributed by atoms with Gasteiger partial charge in [-0.15, -0.1) is 12.4 Å². The monoisotopic (exact) mass is 426 g/mol. The lowest BCUT2D eigenvalue weighted by molar-refractivity contribution is -0.125. The average Bonchev–Trinajstić information content (AvgIpc) is 3.02. The van der Waals surface area contributed by atoms with E-state index in [9.17, 15) is 9.59 Å². The number of nitrogens with zero attached hydrogens (tertiary/aromatic N) is 2. The number of pyridine rings is 1. The third kappa shape index (κ3) is 4.22. The van der Waals surface area contributed by atoms with Crippen molar-refractivity contribution in [3.8, 4) is 0 Å². The Morgan fingerprint density at radius 1 is 1.40 bits per heavy atom. The molecule has 1 aliphatic heterocycles. The topological polar surface area (TPSA) is 101 Å². The van der Waals surface area contributed by atoms with Gasteiger partial charge in [0.05, 0.1) is 12.6 Å². The van der Waals surface area contributed by atoms with Gasteiger partial charge in [-0.1, -0.05) is 18.2 Å². The standard InChI is InChI=1S/C22H22N4O3.ClH/c1-13-16-5-3-4-6-18(16)29-19(13)12-26(2)20(27)8-7-14-9-15-10-17(23)22(28)25-21(15)24-11-14;/h3-9,11,17H,10,12,23H2,1-2H3,(H,24,25,28);1H. The minimum atomic E-state index is -0.580. The molecular weight excluding hydrogens is 404 g/mol. The molecule has 8 heteroatoms. The van der Waals surface area contributed by atoms with E-state index in [2.05, 4.69) is 10.3 Å². The number of amides is 2. The van der Waals surface area contributed by atoms with Crippen molar-refractivity contribution in [1.29, 1.82) is 0 Å². The molecule has 2 amide bonds. The molecule has 2 aromatic heterocycles. The lowest BCUT2D eigenvalue weighted by Gasteiger charge is -2.20. The zero-order valence-corrected chi connectivity index (χ0v) is 17.5. The Hall–Kier alpha value is -3.16. The van der Waals surface area contributed by atoms with E-state index in [-0.39, 0.29) is 24.2 Å². The number of fused-ring (bicyclic) bond motifs is 2. The van der Waals surface area contributed by atoms with E-state index < -0.39 is 6.04 Å². The van der Waals surface area contributed by atoms with Gasteiger partial charge < -0.3 is 20.4 Å². The summed E-state index contributed by atoms with van der Waals surface area (Å²) < 4.78 is 5.89. The van der Waals surface area contributed by atoms with Crippen molar-refractivity contribution in [2.45, 2.75) is 25.9 Å². The van der Waals surface area contributed by atoms with E-state index in [0.717, 1.165) is 33.4 Å². The number of halogens is 1. The van der Waals surface area contributed by atoms with Gasteiger partial charge >= 0.3 is 0 Å². The van der Waals surface area contributed by atoms with Gasteiger partial charge in [0.2, 0.25) is 11.8 Å². The first-order valence-electron chi connectivity index (χ1n) is 9.38. The van der Waals surface area contributed by atoms with Crippen LogP contribution in [0, 0.1) is 6.92 Å². The number of nitrogens with two attached hydrogens (primary N) is 1. The smallest absolute Gasteiger partial charge is 0.246 e. The molecule has 3 N–H and O–H groups in total. The highest BCUT2D eigenvalue weighted by Crippen LogP contribution is 2.26. The summed E-state index contributed by atoms with van der Waals surface area (Å²) in [5.41, 5.74) is 9.29. The minimum Gasteiger partial charge on any atom is -0.459 e. The first-order chi connectivity index (χ1) is 13.9. The number of para-hydroxylation sites is 1. The summed E-state index contributed by atoms with van der Waals surface area (Å²) in [4.78, 5) is 30.0. The number of furan rings is 1. The molecule has 1 aliphatic rings. The van der Waals surface area contributed by atoms with E-state index in [1.54, 1.807) is 24.2 Å². The molecule has 1 aromatic carbocycles. The lowest BCUT2D eigenvalue weighted by atomic mass is 10.0. The van der Waals surface area contributed by atoms with Gasteiger partial charge in [-0.05, 0) is 36.3 Å². The lowest BCUT2D eigenvalue weighted by Crippen LogP contribution is -2.41. The highest BCUT2D eigenvalue weighted by Gasteiger charge is 2.23. The number of aryl methyl sites for hydroxylation is 1.